The largest absolute Gasteiger partial charge is 0.393 e. The van der Waals surface area contributed by atoms with E-state index in [4.69, 9.17) is 11.6 Å². The van der Waals surface area contributed by atoms with Crippen molar-refractivity contribution < 1.29 is 5.11 Å². The van der Waals surface area contributed by atoms with Crippen LogP contribution in [0.4, 0.5) is 5.82 Å². The average Bonchev–Trinajstić information content (AvgIpc) is 2.51. The van der Waals surface area contributed by atoms with Crippen molar-refractivity contribution in [2.45, 2.75) is 25.4 Å². The normalized spacial score (nSPS) is 16.2. The van der Waals surface area contributed by atoms with Crippen molar-refractivity contribution in [3.8, 4) is 0 Å². The predicted octanol–water partition coefficient (Wildman–Crippen LogP) is 2.68. The number of anilines is 1. The smallest absolute Gasteiger partial charge is 0.224 e. The summed E-state index contributed by atoms with van der Waals surface area (Å²) < 4.78 is 0. The van der Waals surface area contributed by atoms with Gasteiger partial charge >= 0.3 is 0 Å². The lowest BCUT2D eigenvalue weighted by Gasteiger charge is -2.31. The van der Waals surface area contributed by atoms with Gasteiger partial charge < -0.3 is 10.0 Å². The quantitative estimate of drug-likeness (QED) is 0.886. The third kappa shape index (κ3) is 3.52. The SMILES string of the molecule is OC1CCN(c2nc(Cl)ncc2Cc2ccccc2)CC1. The Morgan fingerprint density at radius 2 is 1.90 bits per heavy atom. The van der Waals surface area contributed by atoms with Gasteiger partial charge in [-0.15, -0.1) is 0 Å². The molecule has 1 aromatic carbocycles. The number of aromatic nitrogens is 2. The molecule has 1 N–H and O–H groups in total. The van der Waals surface area contributed by atoms with E-state index in [2.05, 4.69) is 27.0 Å². The van der Waals surface area contributed by atoms with Crippen molar-refractivity contribution in [3.63, 3.8) is 0 Å². The number of benzene rings is 1. The van der Waals surface area contributed by atoms with Crippen LogP contribution in [0.3, 0.4) is 0 Å². The van der Waals surface area contributed by atoms with Gasteiger partial charge in [-0.05, 0) is 30.0 Å². The number of aliphatic hydroxyl groups is 1. The summed E-state index contributed by atoms with van der Waals surface area (Å²) in [4.78, 5) is 10.7. The summed E-state index contributed by atoms with van der Waals surface area (Å²) in [5.41, 5.74) is 2.30. The summed E-state index contributed by atoms with van der Waals surface area (Å²) in [6.45, 7) is 1.60. The van der Waals surface area contributed by atoms with E-state index >= 15 is 0 Å². The Bertz CT molecular complexity index is 598. The van der Waals surface area contributed by atoms with E-state index in [0.29, 0.717) is 0 Å². The lowest BCUT2D eigenvalue weighted by Crippen LogP contribution is -2.37. The number of nitrogens with zero attached hydrogens (tertiary/aromatic N) is 3. The second-order valence-corrected chi connectivity index (χ2v) is 5.71. The van der Waals surface area contributed by atoms with E-state index in [1.165, 1.54) is 5.56 Å². The maximum absolute atomic E-state index is 9.65. The third-order valence-electron chi connectivity index (χ3n) is 3.81. The monoisotopic (exact) mass is 303 g/mol. The number of piperidine rings is 1. The average molecular weight is 304 g/mol. The minimum atomic E-state index is -0.198. The molecule has 0 amide bonds. The molecule has 3 rings (SSSR count). The fraction of sp³-hybridized carbons (Fsp3) is 0.375. The predicted molar refractivity (Wildman–Crippen MR) is 83.7 cm³/mol. The first kappa shape index (κ1) is 14.3. The molecule has 4 nitrogen and oxygen atoms in total. The molecule has 0 aliphatic carbocycles. The van der Waals surface area contributed by atoms with Gasteiger partial charge in [0.1, 0.15) is 5.82 Å². The van der Waals surface area contributed by atoms with Crippen molar-refractivity contribution in [1.29, 1.82) is 0 Å². The van der Waals surface area contributed by atoms with Crippen molar-refractivity contribution in [2.24, 2.45) is 0 Å². The molecule has 2 aromatic rings. The molecule has 0 spiro atoms. The number of hydrogen-bond donors (Lipinski definition) is 1. The molecule has 0 radical (unpaired) electrons. The molecule has 1 fully saturated rings. The number of aliphatic hydroxyl groups excluding tert-OH is 1. The molecular formula is C16H18ClN3O. The minimum absolute atomic E-state index is 0.198. The van der Waals surface area contributed by atoms with Gasteiger partial charge in [0.15, 0.2) is 0 Å². The zero-order valence-corrected chi connectivity index (χ0v) is 12.5. The van der Waals surface area contributed by atoms with E-state index in [0.717, 1.165) is 43.7 Å². The second kappa shape index (κ2) is 6.41. The molecular weight excluding hydrogens is 286 g/mol. The molecule has 5 heteroatoms. The van der Waals surface area contributed by atoms with E-state index in [-0.39, 0.29) is 11.4 Å². The summed E-state index contributed by atoms with van der Waals surface area (Å²) in [6.07, 6.45) is 3.93. The van der Waals surface area contributed by atoms with Gasteiger partial charge in [0, 0.05) is 31.3 Å². The van der Waals surface area contributed by atoms with Crippen LogP contribution >= 0.6 is 11.6 Å². The highest BCUT2D eigenvalue weighted by Gasteiger charge is 2.21. The van der Waals surface area contributed by atoms with Gasteiger partial charge in [-0.25, -0.2) is 9.97 Å². The highest BCUT2D eigenvalue weighted by molar-refractivity contribution is 6.28. The van der Waals surface area contributed by atoms with Gasteiger partial charge in [-0.1, -0.05) is 30.3 Å². The molecule has 0 bridgehead atoms. The molecule has 110 valence electrons. The van der Waals surface area contributed by atoms with E-state index in [1.54, 1.807) is 0 Å². The van der Waals surface area contributed by atoms with Crippen molar-refractivity contribution >= 4 is 17.4 Å². The van der Waals surface area contributed by atoms with E-state index in [1.807, 2.05) is 24.4 Å². The first-order valence-corrected chi connectivity index (χ1v) is 7.58. The van der Waals surface area contributed by atoms with Gasteiger partial charge in [0.25, 0.3) is 0 Å². The molecule has 0 saturated carbocycles. The summed E-state index contributed by atoms with van der Waals surface area (Å²) in [6, 6.07) is 10.3. The highest BCUT2D eigenvalue weighted by Crippen LogP contribution is 2.25. The van der Waals surface area contributed by atoms with Crippen molar-refractivity contribution in [1.82, 2.24) is 9.97 Å². The van der Waals surface area contributed by atoms with Crippen LogP contribution in [0.2, 0.25) is 5.28 Å². The van der Waals surface area contributed by atoms with Gasteiger partial charge in [0.05, 0.1) is 6.10 Å². The Morgan fingerprint density at radius 3 is 2.62 bits per heavy atom. The first-order chi connectivity index (χ1) is 10.2. The topological polar surface area (TPSA) is 49.2 Å². The highest BCUT2D eigenvalue weighted by atomic mass is 35.5. The summed E-state index contributed by atoms with van der Waals surface area (Å²) in [5.74, 6) is 0.894. The second-order valence-electron chi connectivity index (χ2n) is 5.37. The van der Waals surface area contributed by atoms with Gasteiger partial charge in [-0.2, -0.15) is 0 Å². The van der Waals surface area contributed by atoms with E-state index < -0.39 is 0 Å². The van der Waals surface area contributed by atoms with Crippen LogP contribution in [0.5, 0.6) is 0 Å². The molecule has 2 heterocycles. The molecule has 1 aromatic heterocycles. The van der Waals surface area contributed by atoms with Crippen LogP contribution < -0.4 is 4.90 Å². The summed E-state index contributed by atoms with van der Waals surface area (Å²) in [7, 11) is 0. The van der Waals surface area contributed by atoms with Gasteiger partial charge in [-0.3, -0.25) is 0 Å². The van der Waals surface area contributed by atoms with Crippen LogP contribution in [0.25, 0.3) is 0 Å². The number of hydrogen-bond acceptors (Lipinski definition) is 4. The summed E-state index contributed by atoms with van der Waals surface area (Å²) in [5, 5.41) is 9.92. The van der Waals surface area contributed by atoms with Crippen molar-refractivity contribution in [3.05, 3.63) is 52.9 Å². The lowest BCUT2D eigenvalue weighted by atomic mass is 10.0. The molecule has 21 heavy (non-hydrogen) atoms. The fourth-order valence-electron chi connectivity index (χ4n) is 2.67. The van der Waals surface area contributed by atoms with E-state index in [9.17, 15) is 5.11 Å². The first-order valence-electron chi connectivity index (χ1n) is 7.21. The van der Waals surface area contributed by atoms with Crippen LogP contribution in [-0.4, -0.2) is 34.3 Å². The Labute approximate surface area is 129 Å². The molecule has 1 aliphatic heterocycles. The van der Waals surface area contributed by atoms with Gasteiger partial charge in [0.2, 0.25) is 5.28 Å². The maximum atomic E-state index is 9.65. The van der Waals surface area contributed by atoms with Crippen LogP contribution in [0.1, 0.15) is 24.0 Å². The summed E-state index contributed by atoms with van der Waals surface area (Å²) >= 11 is 5.97. The molecule has 1 aliphatic rings. The minimum Gasteiger partial charge on any atom is -0.393 e. The lowest BCUT2D eigenvalue weighted by molar-refractivity contribution is 0.145. The Balaban J connectivity index is 1.86. The van der Waals surface area contributed by atoms with Crippen LogP contribution in [0.15, 0.2) is 36.5 Å². The Kier molecular flexibility index (Phi) is 4.36. The van der Waals surface area contributed by atoms with Crippen molar-refractivity contribution in [2.75, 3.05) is 18.0 Å². The molecule has 0 atom stereocenters. The van der Waals surface area contributed by atoms with Crippen LogP contribution in [-0.2, 0) is 6.42 Å². The zero-order chi connectivity index (χ0) is 14.7. The molecule has 0 unspecified atom stereocenters. The van der Waals surface area contributed by atoms with Crippen LogP contribution in [0, 0.1) is 0 Å². The number of halogens is 1. The molecule has 1 saturated heterocycles. The number of rotatable bonds is 3. The fourth-order valence-corrected chi connectivity index (χ4v) is 2.80. The third-order valence-corrected chi connectivity index (χ3v) is 4.00. The Morgan fingerprint density at radius 1 is 1.19 bits per heavy atom. The Hall–Kier alpha value is -1.65. The zero-order valence-electron chi connectivity index (χ0n) is 11.7. The standard InChI is InChI=1S/C16H18ClN3O/c17-16-18-11-13(10-12-4-2-1-3-5-12)15(19-16)20-8-6-14(21)7-9-20/h1-5,11,14,21H,6-10H2. The maximum Gasteiger partial charge on any atom is 0.224 e.